The summed E-state index contributed by atoms with van der Waals surface area (Å²) in [6.45, 7) is 6.11. The first-order chi connectivity index (χ1) is 12.7. The van der Waals surface area contributed by atoms with Gasteiger partial charge in [0.2, 0.25) is 0 Å². The maximum absolute atomic E-state index is 12.0. The molecular formula is C17H19Cl2N7O. The van der Waals surface area contributed by atoms with E-state index >= 15 is 0 Å². The normalized spacial score (nSPS) is 11.2. The van der Waals surface area contributed by atoms with E-state index in [1.54, 1.807) is 4.68 Å². The lowest BCUT2D eigenvalue weighted by atomic mass is 10.00. The van der Waals surface area contributed by atoms with Crippen molar-refractivity contribution in [3.05, 3.63) is 39.8 Å². The number of hydrogen-bond acceptors (Lipinski definition) is 5. The number of hydrogen-bond donors (Lipinski definition) is 2. The van der Waals surface area contributed by atoms with Crippen molar-refractivity contribution < 1.29 is 4.79 Å². The lowest BCUT2D eigenvalue weighted by Crippen LogP contribution is -2.40. The van der Waals surface area contributed by atoms with Crippen LogP contribution in [0.2, 0.25) is 10.3 Å². The molecule has 3 aromatic heterocycles. The molecule has 0 atom stereocenters. The first-order valence-electron chi connectivity index (χ1n) is 8.21. The Hall–Kier alpha value is -2.58. The van der Waals surface area contributed by atoms with Gasteiger partial charge in [-0.3, -0.25) is 10.1 Å². The van der Waals surface area contributed by atoms with Gasteiger partial charge in [0.15, 0.2) is 5.65 Å². The highest BCUT2D eigenvalue weighted by Crippen LogP contribution is 2.30. The fourth-order valence-electron chi connectivity index (χ4n) is 2.93. The number of aryl methyl sites for hydroxylation is 2. The summed E-state index contributed by atoms with van der Waals surface area (Å²) in [5, 5.41) is 6.83. The van der Waals surface area contributed by atoms with Gasteiger partial charge in [-0.05, 0) is 24.5 Å². The van der Waals surface area contributed by atoms with Gasteiger partial charge in [0.1, 0.15) is 16.1 Å². The molecule has 3 rings (SSSR count). The van der Waals surface area contributed by atoms with Crippen LogP contribution >= 0.6 is 23.2 Å². The van der Waals surface area contributed by atoms with Crippen molar-refractivity contribution in [2.45, 2.75) is 26.7 Å². The van der Waals surface area contributed by atoms with E-state index in [1.807, 2.05) is 20.0 Å². The maximum atomic E-state index is 12.0. The number of amides is 2. The van der Waals surface area contributed by atoms with Gasteiger partial charge < -0.3 is 5.73 Å². The Kier molecular flexibility index (Phi) is 5.12. The van der Waals surface area contributed by atoms with Gasteiger partial charge >= 0.3 is 6.03 Å². The summed E-state index contributed by atoms with van der Waals surface area (Å²) in [5.41, 5.74) is 11.5. The van der Waals surface area contributed by atoms with Crippen LogP contribution in [0.25, 0.3) is 11.0 Å². The van der Waals surface area contributed by atoms with E-state index in [0.29, 0.717) is 17.2 Å². The van der Waals surface area contributed by atoms with E-state index in [2.05, 4.69) is 34.3 Å². The lowest BCUT2D eigenvalue weighted by molar-refractivity contribution is 0.255. The van der Waals surface area contributed by atoms with E-state index in [4.69, 9.17) is 28.9 Å². The summed E-state index contributed by atoms with van der Waals surface area (Å²) in [6, 6.07) is 4.08. The van der Waals surface area contributed by atoms with Crippen LogP contribution in [0.3, 0.4) is 0 Å². The number of anilines is 2. The predicted molar refractivity (Wildman–Crippen MR) is 107 cm³/mol. The van der Waals surface area contributed by atoms with Crippen LogP contribution < -0.4 is 16.2 Å². The van der Waals surface area contributed by atoms with Crippen LogP contribution in [-0.2, 0) is 7.05 Å². The number of nitrogens with two attached hydrogens (primary N) is 1. The monoisotopic (exact) mass is 407 g/mol. The molecular weight excluding hydrogens is 389 g/mol. The molecule has 8 nitrogen and oxygen atoms in total. The SMILES string of the molecule is Cc1nn(C)c2nc(NN(C(N)=O)c3cc(Cl)nc(Cl)c3)cc(C(C)C)c12. The second kappa shape index (κ2) is 7.21. The molecule has 2 amide bonds. The highest BCUT2D eigenvalue weighted by atomic mass is 35.5. The van der Waals surface area contributed by atoms with Gasteiger partial charge in [-0.15, -0.1) is 0 Å². The fraction of sp³-hybridized carbons (Fsp3) is 0.294. The van der Waals surface area contributed by atoms with Gasteiger partial charge in [-0.2, -0.15) is 5.10 Å². The first kappa shape index (κ1) is 19.2. The second-order valence-corrected chi connectivity index (χ2v) is 7.19. The minimum atomic E-state index is -0.748. The molecule has 27 heavy (non-hydrogen) atoms. The average Bonchev–Trinajstić information content (AvgIpc) is 2.85. The van der Waals surface area contributed by atoms with E-state index in [-0.39, 0.29) is 16.2 Å². The number of nitrogens with one attached hydrogen (secondary N) is 1. The number of rotatable bonds is 4. The first-order valence-corrected chi connectivity index (χ1v) is 8.96. The topological polar surface area (TPSA) is 102 Å². The number of halogens is 2. The predicted octanol–water partition coefficient (Wildman–Crippen LogP) is 4.01. The third-order valence-corrected chi connectivity index (χ3v) is 4.46. The summed E-state index contributed by atoms with van der Waals surface area (Å²) in [7, 11) is 1.82. The Labute approximate surface area is 166 Å². The van der Waals surface area contributed by atoms with Gasteiger partial charge in [-0.25, -0.2) is 19.8 Å². The highest BCUT2D eigenvalue weighted by molar-refractivity contribution is 6.33. The molecule has 0 saturated carbocycles. The van der Waals surface area contributed by atoms with Gasteiger partial charge in [0.05, 0.1) is 11.4 Å². The molecule has 3 aromatic rings. The molecule has 0 radical (unpaired) electrons. The zero-order chi connectivity index (χ0) is 19.9. The van der Waals surface area contributed by atoms with Crippen molar-refractivity contribution in [1.29, 1.82) is 0 Å². The average molecular weight is 408 g/mol. The maximum Gasteiger partial charge on any atom is 0.338 e. The number of nitrogens with zero attached hydrogens (tertiary/aromatic N) is 5. The molecule has 0 saturated heterocycles. The lowest BCUT2D eigenvalue weighted by Gasteiger charge is -2.23. The number of carbonyl (C=O) groups excluding carboxylic acids is 1. The third kappa shape index (κ3) is 3.77. The van der Waals surface area contributed by atoms with Crippen LogP contribution in [0.4, 0.5) is 16.3 Å². The minimum Gasteiger partial charge on any atom is -0.350 e. The van der Waals surface area contributed by atoms with Crippen LogP contribution in [0.1, 0.15) is 31.0 Å². The molecule has 3 heterocycles. The van der Waals surface area contributed by atoms with E-state index in [0.717, 1.165) is 21.7 Å². The third-order valence-electron chi connectivity index (χ3n) is 4.07. The zero-order valence-electron chi connectivity index (χ0n) is 15.3. The smallest absolute Gasteiger partial charge is 0.338 e. The largest absolute Gasteiger partial charge is 0.350 e. The Balaban J connectivity index is 2.10. The number of hydrazine groups is 1. The molecule has 0 aliphatic heterocycles. The summed E-state index contributed by atoms with van der Waals surface area (Å²) in [4.78, 5) is 20.5. The molecule has 142 valence electrons. The molecule has 0 spiro atoms. The van der Waals surface area contributed by atoms with Crippen LogP contribution in [-0.4, -0.2) is 25.8 Å². The molecule has 0 bridgehead atoms. The number of urea groups is 1. The number of fused-ring (bicyclic) bond motifs is 1. The van der Waals surface area contributed by atoms with Crippen molar-refractivity contribution in [3.63, 3.8) is 0 Å². The van der Waals surface area contributed by atoms with Crippen molar-refractivity contribution >= 4 is 51.8 Å². The van der Waals surface area contributed by atoms with Crippen LogP contribution in [0, 0.1) is 6.92 Å². The minimum absolute atomic E-state index is 0.138. The molecule has 3 N–H and O–H groups in total. The number of aromatic nitrogens is 4. The Morgan fingerprint density at radius 3 is 2.41 bits per heavy atom. The van der Waals surface area contributed by atoms with E-state index in [9.17, 15) is 4.79 Å². The molecule has 0 unspecified atom stereocenters. The summed E-state index contributed by atoms with van der Waals surface area (Å²) in [5.74, 6) is 0.669. The Bertz CT molecular complexity index is 1010. The Morgan fingerprint density at radius 1 is 1.22 bits per heavy atom. The van der Waals surface area contributed by atoms with E-state index < -0.39 is 6.03 Å². The molecule has 10 heteroatoms. The zero-order valence-corrected chi connectivity index (χ0v) is 16.8. The van der Waals surface area contributed by atoms with Crippen LogP contribution in [0.5, 0.6) is 0 Å². The van der Waals surface area contributed by atoms with E-state index in [1.165, 1.54) is 12.1 Å². The van der Waals surface area contributed by atoms with Crippen molar-refractivity contribution in [2.75, 3.05) is 10.4 Å². The molecule has 0 aromatic carbocycles. The highest BCUT2D eigenvalue weighted by Gasteiger charge is 2.19. The molecule has 0 aliphatic carbocycles. The fourth-order valence-corrected chi connectivity index (χ4v) is 3.38. The van der Waals surface area contributed by atoms with Gasteiger partial charge in [-0.1, -0.05) is 37.0 Å². The second-order valence-electron chi connectivity index (χ2n) is 6.42. The summed E-state index contributed by atoms with van der Waals surface area (Å²) < 4.78 is 1.70. The Morgan fingerprint density at radius 2 is 1.85 bits per heavy atom. The molecule has 0 fully saturated rings. The molecule has 0 aliphatic rings. The number of carbonyl (C=O) groups is 1. The van der Waals surface area contributed by atoms with Crippen molar-refractivity contribution in [1.82, 2.24) is 19.7 Å². The standard InChI is InChI=1S/C17H19Cl2N7O/c1-8(2)11-7-14(22-16-15(11)9(3)23-25(16)4)24-26(17(20)27)10-5-12(18)21-13(19)6-10/h5-8H,1-4H3,(H2,20,27)(H,22,24). The number of pyridine rings is 2. The summed E-state index contributed by atoms with van der Waals surface area (Å²) in [6.07, 6.45) is 0. The van der Waals surface area contributed by atoms with Crippen molar-refractivity contribution in [3.8, 4) is 0 Å². The van der Waals surface area contributed by atoms with Gasteiger partial charge in [0, 0.05) is 24.6 Å². The summed E-state index contributed by atoms with van der Waals surface area (Å²) >= 11 is 11.9. The van der Waals surface area contributed by atoms with Gasteiger partial charge in [0.25, 0.3) is 0 Å². The van der Waals surface area contributed by atoms with Crippen molar-refractivity contribution in [2.24, 2.45) is 12.8 Å². The van der Waals surface area contributed by atoms with Crippen LogP contribution in [0.15, 0.2) is 18.2 Å². The quantitative estimate of drug-likeness (QED) is 0.502. The number of primary amides is 1.